The molecule has 1 rings (SSSR count). The lowest BCUT2D eigenvalue weighted by atomic mass is 10.4. The van der Waals surface area contributed by atoms with E-state index in [2.05, 4.69) is 14.7 Å². The van der Waals surface area contributed by atoms with Gasteiger partial charge in [-0.25, -0.2) is 10.8 Å². The van der Waals surface area contributed by atoms with Crippen LogP contribution in [-0.4, -0.2) is 17.1 Å². The van der Waals surface area contributed by atoms with Crippen LogP contribution in [0.1, 0.15) is 5.69 Å². The van der Waals surface area contributed by atoms with Gasteiger partial charge in [-0.15, -0.1) is 0 Å². The van der Waals surface area contributed by atoms with Gasteiger partial charge in [0.15, 0.2) is 5.69 Å². The second kappa shape index (κ2) is 3.66. The molecule has 14 heavy (non-hydrogen) atoms. The zero-order valence-corrected chi connectivity index (χ0v) is 7.09. The number of nitrogens with one attached hydrogen (secondary N) is 1. The van der Waals surface area contributed by atoms with Crippen LogP contribution in [-0.2, 0) is 6.18 Å². The summed E-state index contributed by atoms with van der Waals surface area (Å²) in [5.74, 6) is 4.33. The van der Waals surface area contributed by atoms with Gasteiger partial charge in [-0.1, -0.05) is 0 Å². The fraction of sp³-hybridized carbons (Fsp3) is 0.333. The molecule has 0 fully saturated rings. The Morgan fingerprint density at radius 2 is 2.07 bits per heavy atom. The number of nitrogens with zero attached hydrogens (tertiary/aromatic N) is 2. The number of anilines is 1. The smallest absolute Gasteiger partial charge is 0.433 e. The van der Waals surface area contributed by atoms with Gasteiger partial charge >= 0.3 is 6.18 Å². The minimum atomic E-state index is -4.55. The lowest BCUT2D eigenvalue weighted by molar-refractivity contribution is -0.141. The van der Waals surface area contributed by atoms with Crippen molar-refractivity contribution in [2.24, 2.45) is 5.84 Å². The maximum absolute atomic E-state index is 12.2. The van der Waals surface area contributed by atoms with Crippen LogP contribution in [0.2, 0.25) is 0 Å². The van der Waals surface area contributed by atoms with Crippen molar-refractivity contribution in [1.29, 1.82) is 0 Å². The number of rotatable bonds is 2. The van der Waals surface area contributed by atoms with E-state index in [1.165, 1.54) is 7.11 Å². The molecular formula is C6H7F3N4O. The monoisotopic (exact) mass is 208 g/mol. The normalized spacial score (nSPS) is 11.2. The summed E-state index contributed by atoms with van der Waals surface area (Å²) < 4.78 is 41.2. The summed E-state index contributed by atoms with van der Waals surface area (Å²) in [4.78, 5) is 6.63. The van der Waals surface area contributed by atoms with Crippen LogP contribution in [0.25, 0.3) is 0 Å². The van der Waals surface area contributed by atoms with E-state index in [0.717, 1.165) is 0 Å². The Labute approximate surface area is 77.1 Å². The Bertz CT molecular complexity index is 305. The van der Waals surface area contributed by atoms with E-state index in [-0.39, 0.29) is 11.8 Å². The van der Waals surface area contributed by atoms with Gasteiger partial charge in [-0.3, -0.25) is 5.43 Å². The first-order valence-corrected chi connectivity index (χ1v) is 3.44. The molecule has 0 aliphatic carbocycles. The molecule has 0 amide bonds. The number of ether oxygens (including phenoxy) is 1. The Morgan fingerprint density at radius 3 is 2.50 bits per heavy atom. The van der Waals surface area contributed by atoms with Crippen molar-refractivity contribution in [2.75, 3.05) is 12.5 Å². The molecule has 0 radical (unpaired) electrons. The lowest BCUT2D eigenvalue weighted by Gasteiger charge is -2.08. The SMILES string of the molecule is COc1cc(C(F)(F)F)nc(NN)n1. The number of halogens is 3. The van der Waals surface area contributed by atoms with Crippen molar-refractivity contribution < 1.29 is 17.9 Å². The summed E-state index contributed by atoms with van der Waals surface area (Å²) in [5.41, 5.74) is 0.798. The van der Waals surface area contributed by atoms with E-state index in [1.54, 1.807) is 0 Å². The molecule has 0 aliphatic heterocycles. The second-order valence-corrected chi connectivity index (χ2v) is 2.26. The number of nitrogens with two attached hydrogens (primary N) is 1. The number of alkyl halides is 3. The predicted molar refractivity (Wildman–Crippen MR) is 41.4 cm³/mol. The van der Waals surface area contributed by atoms with Crippen molar-refractivity contribution >= 4 is 5.95 Å². The highest BCUT2D eigenvalue weighted by atomic mass is 19.4. The van der Waals surface area contributed by atoms with Crippen LogP contribution in [0.4, 0.5) is 19.1 Å². The minimum Gasteiger partial charge on any atom is -0.481 e. The lowest BCUT2D eigenvalue weighted by Crippen LogP contribution is -2.15. The van der Waals surface area contributed by atoms with Gasteiger partial charge < -0.3 is 4.74 Å². The summed E-state index contributed by atoms with van der Waals surface area (Å²) in [7, 11) is 1.20. The fourth-order valence-electron chi connectivity index (χ4n) is 0.739. The molecule has 1 heterocycles. The first kappa shape index (κ1) is 10.5. The third-order valence-corrected chi connectivity index (χ3v) is 1.33. The Morgan fingerprint density at radius 1 is 1.43 bits per heavy atom. The number of nitrogen functional groups attached to an aromatic ring is 1. The molecule has 0 unspecified atom stereocenters. The van der Waals surface area contributed by atoms with Crippen molar-refractivity contribution in [3.63, 3.8) is 0 Å². The Balaban J connectivity index is 3.17. The largest absolute Gasteiger partial charge is 0.481 e. The highest BCUT2D eigenvalue weighted by molar-refractivity contribution is 5.30. The average Bonchev–Trinajstić information content (AvgIpc) is 2.15. The van der Waals surface area contributed by atoms with Crippen molar-refractivity contribution in [2.45, 2.75) is 6.18 Å². The van der Waals surface area contributed by atoms with E-state index >= 15 is 0 Å². The maximum Gasteiger partial charge on any atom is 0.433 e. The standard InChI is InChI=1S/C6H7F3N4O/c1-14-4-2-3(6(7,8)9)11-5(12-4)13-10/h2H,10H2,1H3,(H,11,12,13). The second-order valence-electron chi connectivity index (χ2n) is 2.26. The molecule has 0 atom stereocenters. The van der Waals surface area contributed by atoms with Gasteiger partial charge in [0.1, 0.15) is 0 Å². The molecule has 5 nitrogen and oxygen atoms in total. The van der Waals surface area contributed by atoms with Crippen molar-refractivity contribution in [3.8, 4) is 5.88 Å². The van der Waals surface area contributed by atoms with Crippen molar-refractivity contribution in [1.82, 2.24) is 9.97 Å². The molecule has 78 valence electrons. The van der Waals surface area contributed by atoms with Gasteiger partial charge in [0, 0.05) is 6.07 Å². The third-order valence-electron chi connectivity index (χ3n) is 1.33. The van der Waals surface area contributed by atoms with E-state index in [1.807, 2.05) is 5.43 Å². The van der Waals surface area contributed by atoms with Crippen LogP contribution >= 0.6 is 0 Å². The topological polar surface area (TPSA) is 73.1 Å². The molecule has 8 heteroatoms. The highest BCUT2D eigenvalue weighted by Crippen LogP contribution is 2.29. The predicted octanol–water partition coefficient (Wildman–Crippen LogP) is 0.790. The summed E-state index contributed by atoms with van der Waals surface area (Å²) in [6, 6.07) is 0.681. The van der Waals surface area contributed by atoms with Gasteiger partial charge in [0.2, 0.25) is 11.8 Å². The zero-order chi connectivity index (χ0) is 10.8. The molecule has 0 saturated heterocycles. The average molecular weight is 208 g/mol. The molecule has 3 N–H and O–H groups in total. The summed E-state index contributed by atoms with van der Waals surface area (Å²) >= 11 is 0. The highest BCUT2D eigenvalue weighted by Gasteiger charge is 2.33. The van der Waals surface area contributed by atoms with Crippen LogP contribution in [0.3, 0.4) is 0 Å². The number of hydrazine groups is 1. The van der Waals surface area contributed by atoms with E-state index in [9.17, 15) is 13.2 Å². The maximum atomic E-state index is 12.2. The molecule has 0 bridgehead atoms. The molecule has 0 aliphatic rings. The van der Waals surface area contributed by atoms with E-state index in [0.29, 0.717) is 6.07 Å². The fourth-order valence-corrected chi connectivity index (χ4v) is 0.739. The van der Waals surface area contributed by atoms with E-state index < -0.39 is 11.9 Å². The molecule has 1 aromatic rings. The summed E-state index contributed by atoms with van der Waals surface area (Å²) in [5, 5.41) is 0. The Hall–Kier alpha value is -1.57. The third kappa shape index (κ3) is 2.22. The van der Waals surface area contributed by atoms with Gasteiger partial charge in [0.25, 0.3) is 0 Å². The zero-order valence-electron chi connectivity index (χ0n) is 7.09. The number of hydrogen-bond acceptors (Lipinski definition) is 5. The van der Waals surface area contributed by atoms with E-state index in [4.69, 9.17) is 5.84 Å². The molecule has 0 aromatic carbocycles. The van der Waals surface area contributed by atoms with Crippen LogP contribution in [0, 0.1) is 0 Å². The van der Waals surface area contributed by atoms with Gasteiger partial charge in [-0.2, -0.15) is 18.2 Å². The van der Waals surface area contributed by atoms with Gasteiger partial charge in [-0.05, 0) is 0 Å². The summed E-state index contributed by atoms with van der Waals surface area (Å²) in [6.45, 7) is 0. The van der Waals surface area contributed by atoms with Crippen LogP contribution < -0.4 is 16.0 Å². The summed E-state index contributed by atoms with van der Waals surface area (Å²) in [6.07, 6.45) is -4.55. The first-order valence-electron chi connectivity index (χ1n) is 3.44. The first-order chi connectivity index (χ1) is 6.47. The quantitative estimate of drug-likeness (QED) is 0.555. The number of aromatic nitrogens is 2. The number of methoxy groups -OCH3 is 1. The molecule has 0 spiro atoms. The van der Waals surface area contributed by atoms with Crippen molar-refractivity contribution in [3.05, 3.63) is 11.8 Å². The van der Waals surface area contributed by atoms with Gasteiger partial charge in [0.05, 0.1) is 7.11 Å². The molecular weight excluding hydrogens is 201 g/mol. The Kier molecular flexibility index (Phi) is 2.75. The number of hydrogen-bond donors (Lipinski definition) is 2. The molecule has 1 aromatic heterocycles. The van der Waals surface area contributed by atoms with Crippen LogP contribution in [0.15, 0.2) is 6.07 Å². The minimum absolute atomic E-state index is 0.208. The van der Waals surface area contributed by atoms with Crippen LogP contribution in [0.5, 0.6) is 5.88 Å². The molecule has 0 saturated carbocycles.